The van der Waals surface area contributed by atoms with Gasteiger partial charge in [-0.05, 0) is 56.4 Å². The normalized spacial score (nSPS) is 15.9. The highest BCUT2D eigenvalue weighted by atomic mass is 35.5. The third-order valence-corrected chi connectivity index (χ3v) is 6.57. The number of halogens is 1. The van der Waals surface area contributed by atoms with E-state index >= 15 is 0 Å². The van der Waals surface area contributed by atoms with E-state index in [1.165, 1.54) is 6.07 Å². The molecule has 0 unspecified atom stereocenters. The van der Waals surface area contributed by atoms with E-state index in [9.17, 15) is 14.9 Å². The Balaban J connectivity index is 1.39. The van der Waals surface area contributed by atoms with E-state index in [0.717, 1.165) is 45.2 Å². The average molecular weight is 482 g/mol. The van der Waals surface area contributed by atoms with E-state index in [0.29, 0.717) is 16.3 Å². The maximum atomic E-state index is 13.4. The molecule has 0 radical (unpaired) electrons. The van der Waals surface area contributed by atoms with Crippen LogP contribution < -0.4 is 4.90 Å². The summed E-state index contributed by atoms with van der Waals surface area (Å²) in [7, 11) is 0. The minimum Gasteiger partial charge on any atom is -0.419 e. The van der Waals surface area contributed by atoms with Crippen LogP contribution >= 0.6 is 11.6 Å². The summed E-state index contributed by atoms with van der Waals surface area (Å²) in [5.74, 6) is 0.285. The van der Waals surface area contributed by atoms with Gasteiger partial charge in [-0.2, -0.15) is 0 Å². The highest BCUT2D eigenvalue weighted by molar-refractivity contribution is 6.33. The molecule has 2 aromatic carbocycles. The van der Waals surface area contributed by atoms with Crippen LogP contribution in [0.4, 0.5) is 11.4 Å². The summed E-state index contributed by atoms with van der Waals surface area (Å²) in [5, 5.41) is 20.5. The van der Waals surface area contributed by atoms with E-state index in [1.807, 2.05) is 17.0 Å². The van der Waals surface area contributed by atoms with Crippen molar-refractivity contribution in [2.45, 2.75) is 44.7 Å². The van der Waals surface area contributed by atoms with Gasteiger partial charge in [0.2, 0.25) is 11.8 Å². The molecule has 34 heavy (non-hydrogen) atoms. The molecule has 1 saturated heterocycles. The molecule has 2 fully saturated rings. The lowest BCUT2D eigenvalue weighted by molar-refractivity contribution is -0.384. The maximum absolute atomic E-state index is 13.4. The molecule has 1 aliphatic carbocycles. The maximum Gasteiger partial charge on any atom is 0.293 e. The van der Waals surface area contributed by atoms with Gasteiger partial charge in [0.15, 0.2) is 0 Å². The van der Waals surface area contributed by atoms with Crippen LogP contribution in [-0.2, 0) is 6.54 Å². The van der Waals surface area contributed by atoms with Crippen LogP contribution in [0.25, 0.3) is 11.5 Å². The summed E-state index contributed by atoms with van der Waals surface area (Å²) in [6.07, 6.45) is 4.88. The van der Waals surface area contributed by atoms with Crippen molar-refractivity contribution in [3.63, 3.8) is 0 Å². The molecular weight excluding hydrogens is 458 g/mol. The van der Waals surface area contributed by atoms with Crippen molar-refractivity contribution in [1.82, 2.24) is 15.1 Å². The number of hydrogen-bond donors (Lipinski definition) is 0. The quantitative estimate of drug-likeness (QED) is 0.341. The fourth-order valence-electron chi connectivity index (χ4n) is 4.33. The Kier molecular flexibility index (Phi) is 6.19. The molecule has 9 nitrogen and oxygen atoms in total. The number of carbonyl (C=O) groups is 1. The Labute approximate surface area is 201 Å². The zero-order valence-electron chi connectivity index (χ0n) is 18.5. The van der Waals surface area contributed by atoms with Crippen LogP contribution in [-0.4, -0.2) is 45.1 Å². The van der Waals surface area contributed by atoms with Crippen LogP contribution in [0.15, 0.2) is 46.9 Å². The van der Waals surface area contributed by atoms with E-state index in [-0.39, 0.29) is 41.5 Å². The second kappa shape index (κ2) is 9.42. The Morgan fingerprint density at radius 3 is 2.62 bits per heavy atom. The monoisotopic (exact) mass is 481 g/mol. The van der Waals surface area contributed by atoms with Crippen LogP contribution in [0.3, 0.4) is 0 Å². The van der Waals surface area contributed by atoms with E-state index in [1.54, 1.807) is 29.2 Å². The Morgan fingerprint density at radius 1 is 1.15 bits per heavy atom. The first-order valence-corrected chi connectivity index (χ1v) is 11.8. The molecular formula is C24H24ClN5O4. The van der Waals surface area contributed by atoms with Gasteiger partial charge < -0.3 is 14.2 Å². The smallest absolute Gasteiger partial charge is 0.293 e. The number of nitro benzene ring substituents is 1. The highest BCUT2D eigenvalue weighted by Gasteiger charge is 2.35. The molecule has 1 amide bonds. The van der Waals surface area contributed by atoms with Crippen molar-refractivity contribution in [2.24, 2.45) is 0 Å². The second-order valence-electron chi connectivity index (χ2n) is 8.65. The standard InChI is InChI=1S/C24H24ClN5O4/c25-19-7-3-2-6-18(19)23-27-26-22(34-23)15-29(17-9-10-17)24(31)16-8-11-20(21(14-16)30(32)33)28-12-4-1-5-13-28/h2-3,6-8,11,14,17H,1,4-5,9-10,12-13,15H2. The zero-order valence-corrected chi connectivity index (χ0v) is 19.3. The predicted octanol–water partition coefficient (Wildman–Crippen LogP) is 5.09. The molecule has 5 rings (SSSR count). The first-order valence-electron chi connectivity index (χ1n) is 11.4. The summed E-state index contributed by atoms with van der Waals surface area (Å²) in [6.45, 7) is 1.70. The number of rotatable bonds is 7. The van der Waals surface area contributed by atoms with Crippen molar-refractivity contribution < 1.29 is 14.1 Å². The van der Waals surface area contributed by atoms with Crippen molar-refractivity contribution in [1.29, 1.82) is 0 Å². The molecule has 1 saturated carbocycles. The molecule has 3 aromatic rings. The number of nitro groups is 1. The summed E-state index contributed by atoms with van der Waals surface area (Å²) in [5.41, 5.74) is 1.43. The summed E-state index contributed by atoms with van der Waals surface area (Å²) in [6, 6.07) is 12.0. The van der Waals surface area contributed by atoms with E-state index in [2.05, 4.69) is 10.2 Å². The fraction of sp³-hybridized carbons (Fsp3) is 0.375. The summed E-state index contributed by atoms with van der Waals surface area (Å²) in [4.78, 5) is 28.5. The van der Waals surface area contributed by atoms with Crippen molar-refractivity contribution in [2.75, 3.05) is 18.0 Å². The number of benzene rings is 2. The average Bonchev–Trinajstić information content (AvgIpc) is 3.60. The van der Waals surface area contributed by atoms with Gasteiger partial charge in [0.1, 0.15) is 5.69 Å². The van der Waals surface area contributed by atoms with Gasteiger partial charge in [0, 0.05) is 30.8 Å². The predicted molar refractivity (Wildman–Crippen MR) is 127 cm³/mol. The van der Waals surface area contributed by atoms with Crippen LogP contribution in [0.2, 0.25) is 5.02 Å². The molecule has 1 aromatic heterocycles. The van der Waals surface area contributed by atoms with E-state index in [4.69, 9.17) is 16.0 Å². The molecule has 0 atom stereocenters. The third-order valence-electron chi connectivity index (χ3n) is 6.24. The van der Waals surface area contributed by atoms with Gasteiger partial charge in [-0.1, -0.05) is 23.7 Å². The van der Waals surface area contributed by atoms with Gasteiger partial charge >= 0.3 is 0 Å². The molecule has 0 bridgehead atoms. The highest BCUT2D eigenvalue weighted by Crippen LogP contribution is 2.34. The van der Waals surface area contributed by atoms with Gasteiger partial charge in [-0.25, -0.2) is 0 Å². The minimum atomic E-state index is -0.407. The van der Waals surface area contributed by atoms with E-state index < -0.39 is 4.92 Å². The number of amides is 1. The Bertz CT molecular complexity index is 1220. The minimum absolute atomic E-state index is 0.0395. The van der Waals surface area contributed by atoms with Crippen LogP contribution in [0, 0.1) is 10.1 Å². The summed E-state index contributed by atoms with van der Waals surface area (Å²) >= 11 is 6.22. The molecule has 176 valence electrons. The summed E-state index contributed by atoms with van der Waals surface area (Å²) < 4.78 is 5.79. The fourth-order valence-corrected chi connectivity index (χ4v) is 4.55. The molecule has 2 aliphatic rings. The first-order chi connectivity index (χ1) is 16.5. The lowest BCUT2D eigenvalue weighted by atomic mass is 10.1. The van der Waals surface area contributed by atoms with Gasteiger partial charge in [0.05, 0.1) is 22.1 Å². The lowest BCUT2D eigenvalue weighted by Crippen LogP contribution is -2.33. The number of piperidine rings is 1. The third kappa shape index (κ3) is 4.61. The molecule has 2 heterocycles. The first kappa shape index (κ1) is 22.3. The molecule has 10 heteroatoms. The number of aromatic nitrogens is 2. The zero-order chi connectivity index (χ0) is 23.7. The number of carbonyl (C=O) groups excluding carboxylic acids is 1. The number of hydrogen-bond acceptors (Lipinski definition) is 7. The van der Waals surface area contributed by atoms with Crippen molar-refractivity contribution in [3.8, 4) is 11.5 Å². The Morgan fingerprint density at radius 2 is 1.91 bits per heavy atom. The van der Waals surface area contributed by atoms with Crippen molar-refractivity contribution >= 4 is 28.9 Å². The van der Waals surface area contributed by atoms with Gasteiger partial charge in [-0.3, -0.25) is 14.9 Å². The molecule has 0 spiro atoms. The van der Waals surface area contributed by atoms with Crippen LogP contribution in [0.5, 0.6) is 0 Å². The largest absolute Gasteiger partial charge is 0.419 e. The Hall–Kier alpha value is -3.46. The molecule has 1 aliphatic heterocycles. The lowest BCUT2D eigenvalue weighted by Gasteiger charge is -2.28. The van der Waals surface area contributed by atoms with Gasteiger partial charge in [-0.15, -0.1) is 10.2 Å². The number of nitrogens with zero attached hydrogens (tertiary/aromatic N) is 5. The van der Waals surface area contributed by atoms with Gasteiger partial charge in [0.25, 0.3) is 11.6 Å². The topological polar surface area (TPSA) is 106 Å². The molecule has 0 N–H and O–H groups in total. The SMILES string of the molecule is O=C(c1ccc(N2CCCCC2)c([N+](=O)[O-])c1)N(Cc1nnc(-c2ccccc2Cl)o1)C1CC1. The van der Waals surface area contributed by atoms with Crippen LogP contribution in [0.1, 0.15) is 48.4 Å². The second-order valence-corrected chi connectivity index (χ2v) is 9.06. The number of anilines is 1. The van der Waals surface area contributed by atoms with Crippen molar-refractivity contribution in [3.05, 3.63) is 69.1 Å².